The summed E-state index contributed by atoms with van der Waals surface area (Å²) in [6, 6.07) is 19.0. The smallest absolute Gasteiger partial charge is 0.252 e. The van der Waals surface area contributed by atoms with Gasteiger partial charge in [-0.25, -0.2) is 4.98 Å². The van der Waals surface area contributed by atoms with Crippen LogP contribution in [0.25, 0.3) is 22.2 Å². The number of hydrogen-bond acceptors (Lipinski definition) is 5. The Balaban J connectivity index is 1.34. The van der Waals surface area contributed by atoms with Crippen LogP contribution in [0.2, 0.25) is 0 Å². The lowest BCUT2D eigenvalue weighted by Crippen LogP contribution is -2.46. The van der Waals surface area contributed by atoms with Gasteiger partial charge in [0.15, 0.2) is 0 Å². The number of fused-ring (bicyclic) bond motifs is 1. The number of rotatable bonds is 7. The summed E-state index contributed by atoms with van der Waals surface area (Å²) in [4.78, 5) is 24.3. The van der Waals surface area contributed by atoms with Gasteiger partial charge in [0.25, 0.3) is 5.91 Å². The number of hydrogen-bond donors (Lipinski definition) is 1. The topological polar surface area (TPSA) is 66.3 Å². The highest BCUT2D eigenvalue weighted by Gasteiger charge is 2.28. The van der Waals surface area contributed by atoms with Crippen molar-refractivity contribution in [3.8, 4) is 11.3 Å². The van der Waals surface area contributed by atoms with E-state index in [0.717, 1.165) is 51.9 Å². The van der Waals surface area contributed by atoms with Gasteiger partial charge in [0.1, 0.15) is 0 Å². The van der Waals surface area contributed by atoms with Crippen molar-refractivity contribution in [2.75, 3.05) is 26.2 Å². The highest BCUT2D eigenvalue weighted by molar-refractivity contribution is 6.09. The van der Waals surface area contributed by atoms with Crippen molar-refractivity contribution in [3.05, 3.63) is 83.7 Å². The van der Waals surface area contributed by atoms with Crippen LogP contribution in [0.1, 0.15) is 53.6 Å². The van der Waals surface area contributed by atoms with E-state index in [1.807, 2.05) is 55.7 Å². The number of pyridine rings is 1. The summed E-state index contributed by atoms with van der Waals surface area (Å²) in [6.07, 6.45) is 10.1. The third kappa shape index (κ3) is 5.75. The summed E-state index contributed by atoms with van der Waals surface area (Å²) in [5, 5.41) is 8.33. The van der Waals surface area contributed by atoms with E-state index in [2.05, 4.69) is 32.3 Å². The molecule has 4 heterocycles. The summed E-state index contributed by atoms with van der Waals surface area (Å²) in [7, 11) is 1.89. The molecule has 0 spiro atoms. The van der Waals surface area contributed by atoms with Gasteiger partial charge in [-0.05, 0) is 57.9 Å². The maximum Gasteiger partial charge on any atom is 0.252 e. The molecule has 2 aromatic heterocycles. The van der Waals surface area contributed by atoms with E-state index in [1.54, 1.807) is 10.9 Å². The molecule has 2 fully saturated rings. The van der Waals surface area contributed by atoms with Crippen LogP contribution in [0.15, 0.2) is 67.0 Å². The predicted molar refractivity (Wildman–Crippen MR) is 155 cm³/mol. The minimum atomic E-state index is -0.0622. The molecule has 7 heteroatoms. The zero-order valence-electron chi connectivity index (χ0n) is 22.9. The highest BCUT2D eigenvalue weighted by atomic mass is 16.1. The number of aryl methyl sites for hydroxylation is 1. The molecule has 0 saturated carbocycles. The lowest BCUT2D eigenvalue weighted by molar-refractivity contribution is 0.0885. The third-order valence-electron chi connectivity index (χ3n) is 8.32. The van der Waals surface area contributed by atoms with Gasteiger partial charge in [-0.2, -0.15) is 5.10 Å². The Kier molecular flexibility index (Phi) is 7.70. The number of piperidine rings is 2. The van der Waals surface area contributed by atoms with E-state index < -0.39 is 0 Å². The number of nitrogens with zero attached hydrogens (tertiary/aromatic N) is 5. The van der Waals surface area contributed by atoms with Crippen molar-refractivity contribution in [1.82, 2.24) is 29.9 Å². The largest absolute Gasteiger partial charge is 0.348 e. The zero-order valence-corrected chi connectivity index (χ0v) is 22.9. The fraction of sp³-hybridized carbons (Fsp3) is 0.406. The van der Waals surface area contributed by atoms with Gasteiger partial charge in [-0.3, -0.25) is 14.4 Å². The van der Waals surface area contributed by atoms with E-state index in [4.69, 9.17) is 4.98 Å². The molecule has 2 saturated heterocycles. The normalized spacial score (nSPS) is 17.5. The maximum atomic E-state index is 14.0. The first kappa shape index (κ1) is 25.7. The molecular formula is C32H38N6O. The number of aromatic nitrogens is 3. The van der Waals surface area contributed by atoms with E-state index in [0.29, 0.717) is 19.1 Å². The van der Waals surface area contributed by atoms with Crippen LogP contribution in [0, 0.1) is 0 Å². The Morgan fingerprint density at radius 1 is 0.949 bits per heavy atom. The van der Waals surface area contributed by atoms with Crippen LogP contribution >= 0.6 is 0 Å². The molecule has 2 aliphatic rings. The number of benzene rings is 2. The molecule has 0 radical (unpaired) electrons. The van der Waals surface area contributed by atoms with Crippen LogP contribution in [0.4, 0.5) is 0 Å². The van der Waals surface area contributed by atoms with Crippen molar-refractivity contribution < 1.29 is 4.79 Å². The molecule has 4 aromatic rings. The average molecular weight is 523 g/mol. The number of likely N-dealkylation sites (tertiary alicyclic amines) is 2. The van der Waals surface area contributed by atoms with Crippen LogP contribution in [0.5, 0.6) is 0 Å². The van der Waals surface area contributed by atoms with Gasteiger partial charge in [-0.1, -0.05) is 55.0 Å². The van der Waals surface area contributed by atoms with Crippen molar-refractivity contribution in [2.45, 2.75) is 51.2 Å². The second kappa shape index (κ2) is 11.7. The molecule has 2 aliphatic heterocycles. The Bertz CT molecular complexity index is 1420. The van der Waals surface area contributed by atoms with Gasteiger partial charge < -0.3 is 10.2 Å². The number of carbonyl (C=O) groups is 1. The predicted octanol–water partition coefficient (Wildman–Crippen LogP) is 5.02. The summed E-state index contributed by atoms with van der Waals surface area (Å²) in [5.74, 6) is -0.0622. The minimum absolute atomic E-state index is 0.0622. The molecule has 1 amide bonds. The molecule has 39 heavy (non-hydrogen) atoms. The molecule has 0 unspecified atom stereocenters. The van der Waals surface area contributed by atoms with Crippen molar-refractivity contribution >= 4 is 16.8 Å². The first-order chi connectivity index (χ1) is 19.2. The molecule has 202 valence electrons. The van der Waals surface area contributed by atoms with E-state index in [9.17, 15) is 4.79 Å². The fourth-order valence-electron chi connectivity index (χ4n) is 6.28. The standard InChI is InChI=1S/C32H38N6O/c1-36-22-24(21-34-36)20-33-32(39)30-27-12-6-7-13-29(27)35-31(25-10-4-2-5-11-25)28(30)23-37-18-14-26(15-19-37)38-16-8-3-9-17-38/h2,4-7,10-13,21-22,26H,3,8-9,14-20,23H2,1H3,(H,33,39). The monoisotopic (exact) mass is 522 g/mol. The number of nitrogens with one attached hydrogen (secondary N) is 1. The summed E-state index contributed by atoms with van der Waals surface area (Å²) in [5.41, 5.74) is 5.52. The SMILES string of the molecule is Cn1cc(CNC(=O)c2c(CN3CCC(N4CCCCC4)CC3)c(-c3ccccc3)nc3ccccc23)cn1. The van der Waals surface area contributed by atoms with Crippen molar-refractivity contribution in [3.63, 3.8) is 0 Å². The van der Waals surface area contributed by atoms with Gasteiger partial charge in [0.2, 0.25) is 0 Å². The summed E-state index contributed by atoms with van der Waals surface area (Å²) >= 11 is 0. The van der Waals surface area contributed by atoms with E-state index >= 15 is 0 Å². The Morgan fingerprint density at radius 3 is 2.44 bits per heavy atom. The summed E-state index contributed by atoms with van der Waals surface area (Å²) in [6.45, 7) is 5.73. The molecule has 2 aromatic carbocycles. The molecule has 0 atom stereocenters. The Morgan fingerprint density at radius 2 is 1.69 bits per heavy atom. The Hall–Kier alpha value is -3.55. The Labute approximate surface area is 230 Å². The van der Waals surface area contributed by atoms with E-state index in [1.165, 1.54) is 45.2 Å². The van der Waals surface area contributed by atoms with Crippen LogP contribution in [0.3, 0.4) is 0 Å². The second-order valence-corrected chi connectivity index (χ2v) is 11.0. The first-order valence-corrected chi connectivity index (χ1v) is 14.3. The first-order valence-electron chi connectivity index (χ1n) is 14.3. The molecule has 6 rings (SSSR count). The third-order valence-corrected chi connectivity index (χ3v) is 8.32. The van der Waals surface area contributed by atoms with Gasteiger partial charge in [-0.15, -0.1) is 0 Å². The van der Waals surface area contributed by atoms with Gasteiger partial charge >= 0.3 is 0 Å². The quantitative estimate of drug-likeness (QED) is 0.369. The van der Waals surface area contributed by atoms with Gasteiger partial charge in [0, 0.05) is 54.5 Å². The van der Waals surface area contributed by atoms with Gasteiger partial charge in [0.05, 0.1) is 23.0 Å². The average Bonchev–Trinajstić information content (AvgIpc) is 3.41. The summed E-state index contributed by atoms with van der Waals surface area (Å²) < 4.78 is 1.76. The van der Waals surface area contributed by atoms with E-state index in [-0.39, 0.29) is 5.91 Å². The number of carbonyl (C=O) groups excluding carboxylic acids is 1. The van der Waals surface area contributed by atoms with Crippen molar-refractivity contribution in [2.24, 2.45) is 7.05 Å². The molecule has 0 aliphatic carbocycles. The van der Waals surface area contributed by atoms with Crippen LogP contribution in [-0.2, 0) is 20.1 Å². The molecule has 1 N–H and O–H groups in total. The highest BCUT2D eigenvalue weighted by Crippen LogP contribution is 2.32. The lowest BCUT2D eigenvalue weighted by Gasteiger charge is -2.40. The minimum Gasteiger partial charge on any atom is -0.348 e. The van der Waals surface area contributed by atoms with Crippen LogP contribution < -0.4 is 5.32 Å². The van der Waals surface area contributed by atoms with Crippen molar-refractivity contribution in [1.29, 1.82) is 0 Å². The zero-order chi connectivity index (χ0) is 26.6. The molecule has 0 bridgehead atoms. The molecule has 7 nitrogen and oxygen atoms in total. The number of para-hydroxylation sites is 1. The van der Waals surface area contributed by atoms with Crippen LogP contribution in [-0.4, -0.2) is 62.7 Å². The maximum absolute atomic E-state index is 14.0. The second-order valence-electron chi connectivity index (χ2n) is 11.0. The molecular weight excluding hydrogens is 484 g/mol. The fourth-order valence-corrected chi connectivity index (χ4v) is 6.28. The number of amides is 1. The lowest BCUT2D eigenvalue weighted by atomic mass is 9.94.